The van der Waals surface area contributed by atoms with E-state index in [-0.39, 0.29) is 11.0 Å². The SMILES string of the molecule is CCCCC1(CC)C(=O)[SH]c2cc(OCC(=O)N[C@@H](C(=O)NCC(=O)NO)c3ccccc3)c(SC)cc2N(c2ccccc2)C1=O. The maximum absolute atomic E-state index is 14.4. The normalized spacial score (nSPS) is 16.5. The van der Waals surface area contributed by atoms with Crippen LogP contribution in [0.15, 0.2) is 82.6 Å². The van der Waals surface area contributed by atoms with E-state index >= 15 is 0 Å². The van der Waals surface area contributed by atoms with Gasteiger partial charge in [0.25, 0.3) is 11.8 Å². The van der Waals surface area contributed by atoms with Crippen LogP contribution in [0.1, 0.15) is 51.1 Å². The second-order valence-corrected chi connectivity index (χ2v) is 12.8. The molecule has 4 N–H and O–H groups in total. The summed E-state index contributed by atoms with van der Waals surface area (Å²) in [6, 6.07) is 20.1. The van der Waals surface area contributed by atoms with Crippen LogP contribution in [-0.4, -0.2) is 53.4 Å². The van der Waals surface area contributed by atoms with Crippen LogP contribution < -0.4 is 25.8 Å². The molecule has 1 aliphatic rings. The molecular formula is C34H39N4O7S2. The smallest absolute Gasteiger partial charge is 0.262 e. The molecule has 0 aliphatic carbocycles. The highest BCUT2D eigenvalue weighted by atomic mass is 32.2. The third kappa shape index (κ3) is 8.16. The monoisotopic (exact) mass is 679 g/mol. The van der Waals surface area contributed by atoms with Crippen molar-refractivity contribution in [2.75, 3.05) is 24.3 Å². The number of thiol groups is 1. The number of amides is 4. The van der Waals surface area contributed by atoms with Gasteiger partial charge < -0.3 is 15.4 Å². The van der Waals surface area contributed by atoms with Crippen molar-refractivity contribution >= 4 is 63.6 Å². The Labute approximate surface area is 282 Å². The van der Waals surface area contributed by atoms with Crippen molar-refractivity contribution in [1.29, 1.82) is 0 Å². The number of carbonyl (C=O) groups is 5. The molecule has 1 radical (unpaired) electrons. The van der Waals surface area contributed by atoms with Crippen molar-refractivity contribution in [3.05, 3.63) is 78.4 Å². The number of hydroxylamine groups is 1. The highest BCUT2D eigenvalue weighted by Gasteiger charge is 2.49. The van der Waals surface area contributed by atoms with Gasteiger partial charge in [0.1, 0.15) is 17.2 Å². The molecular weight excluding hydrogens is 641 g/mol. The van der Waals surface area contributed by atoms with Crippen LogP contribution >= 0.6 is 23.5 Å². The fraction of sp³-hybridized carbons (Fsp3) is 0.324. The fourth-order valence-corrected chi connectivity index (χ4v) is 7.12. The number of anilines is 2. The Morgan fingerprint density at radius 1 is 1.00 bits per heavy atom. The first kappa shape index (κ1) is 35.5. The molecule has 0 aromatic heterocycles. The summed E-state index contributed by atoms with van der Waals surface area (Å²) >= 11 is 1.72. The number of ether oxygens (including phenoxy) is 1. The van der Waals surface area contributed by atoms with Gasteiger partial charge in [0.05, 0.1) is 17.1 Å². The quantitative estimate of drug-likeness (QED) is 0.0531. The van der Waals surface area contributed by atoms with Gasteiger partial charge in [0, 0.05) is 10.6 Å². The summed E-state index contributed by atoms with van der Waals surface area (Å²) in [4.78, 5) is 68.7. The van der Waals surface area contributed by atoms with Gasteiger partial charge in [-0.25, -0.2) is 5.48 Å². The van der Waals surface area contributed by atoms with Crippen molar-refractivity contribution < 1.29 is 33.9 Å². The molecule has 4 amide bonds. The Kier molecular flexibility index (Phi) is 12.5. The molecule has 1 aliphatic heterocycles. The van der Waals surface area contributed by atoms with E-state index in [0.717, 1.165) is 12.8 Å². The average molecular weight is 680 g/mol. The van der Waals surface area contributed by atoms with Crippen molar-refractivity contribution in [2.45, 2.75) is 55.4 Å². The zero-order chi connectivity index (χ0) is 34.0. The third-order valence-corrected chi connectivity index (χ3v) is 9.92. The number of hydrogen-bond donors (Lipinski definition) is 5. The minimum absolute atomic E-state index is 0.176. The molecule has 0 spiro atoms. The van der Waals surface area contributed by atoms with Crippen LogP contribution in [-0.2, 0) is 24.0 Å². The van der Waals surface area contributed by atoms with Gasteiger partial charge >= 0.3 is 0 Å². The number of carbonyl (C=O) groups excluding carboxylic acids is 5. The highest BCUT2D eigenvalue weighted by Crippen LogP contribution is 2.51. The van der Waals surface area contributed by atoms with Gasteiger partial charge in [0.2, 0.25) is 11.8 Å². The fourth-order valence-electron chi connectivity index (χ4n) is 5.32. The van der Waals surface area contributed by atoms with E-state index in [1.165, 1.54) is 17.2 Å². The molecule has 3 aromatic carbocycles. The Balaban J connectivity index is 1.64. The van der Waals surface area contributed by atoms with Crippen molar-refractivity contribution in [3.63, 3.8) is 0 Å². The van der Waals surface area contributed by atoms with Gasteiger partial charge in [-0.3, -0.25) is 34.1 Å². The number of rotatable bonds is 14. The Bertz CT molecular complexity index is 1610. The van der Waals surface area contributed by atoms with Crippen LogP contribution in [0.3, 0.4) is 0 Å². The summed E-state index contributed by atoms with van der Waals surface area (Å²) in [5.74, 6) is -1.99. The lowest BCUT2D eigenvalue weighted by molar-refractivity contribution is -0.136. The number of nitrogens with zero attached hydrogens (tertiary/aromatic N) is 1. The Hall–Kier alpha value is -4.33. The number of para-hydroxylation sites is 1. The van der Waals surface area contributed by atoms with E-state index < -0.39 is 42.3 Å². The first-order valence-electron chi connectivity index (χ1n) is 15.2. The maximum atomic E-state index is 14.4. The summed E-state index contributed by atoms with van der Waals surface area (Å²) in [5, 5.41) is 13.6. The van der Waals surface area contributed by atoms with Crippen LogP contribution in [0.2, 0.25) is 0 Å². The van der Waals surface area contributed by atoms with Crippen molar-refractivity contribution in [2.24, 2.45) is 5.41 Å². The van der Waals surface area contributed by atoms with Gasteiger partial charge in [-0.05, 0) is 48.9 Å². The lowest BCUT2D eigenvalue weighted by Gasteiger charge is -2.33. The summed E-state index contributed by atoms with van der Waals surface area (Å²) in [6.07, 6.45) is 4.24. The Morgan fingerprint density at radius 2 is 1.68 bits per heavy atom. The predicted molar refractivity (Wildman–Crippen MR) is 182 cm³/mol. The van der Waals surface area contributed by atoms with Crippen molar-refractivity contribution in [1.82, 2.24) is 16.1 Å². The summed E-state index contributed by atoms with van der Waals surface area (Å²) < 4.78 is 5.99. The second-order valence-electron chi connectivity index (χ2n) is 10.9. The van der Waals surface area contributed by atoms with E-state index in [1.807, 2.05) is 56.5 Å². The first-order valence-corrected chi connectivity index (χ1v) is 17.4. The minimum Gasteiger partial charge on any atom is -0.483 e. The molecule has 2 atom stereocenters. The molecule has 1 unspecified atom stereocenters. The van der Waals surface area contributed by atoms with Crippen LogP contribution in [0.25, 0.3) is 0 Å². The zero-order valence-corrected chi connectivity index (χ0v) is 28.2. The molecule has 0 bridgehead atoms. The molecule has 4 rings (SSSR count). The van der Waals surface area contributed by atoms with Gasteiger partial charge in [0.15, 0.2) is 11.7 Å². The van der Waals surface area contributed by atoms with E-state index in [1.54, 1.807) is 41.3 Å². The molecule has 0 saturated carbocycles. The minimum atomic E-state index is -1.18. The Morgan fingerprint density at radius 3 is 2.30 bits per heavy atom. The van der Waals surface area contributed by atoms with Gasteiger partial charge in [-0.15, -0.1) is 23.5 Å². The number of hydrogen-bond acceptors (Lipinski definition) is 8. The van der Waals surface area contributed by atoms with Gasteiger partial charge in [-0.2, -0.15) is 0 Å². The first-order chi connectivity index (χ1) is 22.7. The topological polar surface area (TPSA) is 154 Å². The molecule has 0 saturated heterocycles. The molecule has 0 fully saturated rings. The average Bonchev–Trinajstić information content (AvgIpc) is 3.18. The second kappa shape index (κ2) is 16.5. The summed E-state index contributed by atoms with van der Waals surface area (Å²) in [6.45, 7) is 2.97. The molecule has 3 aromatic rings. The molecule has 11 nitrogen and oxygen atoms in total. The number of thioether (sulfide) groups is 1. The zero-order valence-electron chi connectivity index (χ0n) is 26.4. The van der Waals surface area contributed by atoms with E-state index in [4.69, 9.17) is 9.94 Å². The number of benzene rings is 3. The lowest BCUT2D eigenvalue weighted by atomic mass is 9.79. The van der Waals surface area contributed by atoms with Gasteiger partial charge in [-0.1, -0.05) is 75.2 Å². The standard InChI is InChI=1S/C34H39N4O7S2/c1-4-6-17-34(5-2)32(42)38(23-15-11-8-12-16-23)24-18-27(46-3)25(19-26(24)47-33(34)43)45-21-29(40)36-30(22-13-9-7-10-14-22)31(41)35-20-28(39)37-44/h7-16,18-19,30,44,47H,4-6,17,20-21H2,1-3H3,(H,35,41)(H,36,40)(H,37,39)/t30-,34?/m1/s1. The lowest BCUT2D eigenvalue weighted by Crippen LogP contribution is -2.44. The van der Waals surface area contributed by atoms with Crippen molar-refractivity contribution in [3.8, 4) is 5.75 Å². The number of unbranched alkanes of at least 4 members (excludes halogenated alkanes) is 1. The third-order valence-electron chi connectivity index (χ3n) is 7.93. The van der Waals surface area contributed by atoms with Crippen LogP contribution in [0.4, 0.5) is 11.4 Å². The molecule has 1 heterocycles. The van der Waals surface area contributed by atoms with Crippen LogP contribution in [0.5, 0.6) is 5.75 Å². The van der Waals surface area contributed by atoms with E-state index in [0.29, 0.717) is 57.1 Å². The largest absolute Gasteiger partial charge is 0.483 e. The van der Waals surface area contributed by atoms with Crippen LogP contribution in [0, 0.1) is 5.41 Å². The number of fused-ring (bicyclic) bond motifs is 1. The molecule has 249 valence electrons. The maximum Gasteiger partial charge on any atom is 0.262 e. The predicted octanol–water partition coefficient (Wildman–Crippen LogP) is 4.88. The van der Waals surface area contributed by atoms with E-state index in [9.17, 15) is 24.0 Å². The molecule has 47 heavy (non-hydrogen) atoms. The number of nitrogens with one attached hydrogen (secondary N) is 3. The summed E-state index contributed by atoms with van der Waals surface area (Å²) in [5.41, 5.74) is 1.97. The summed E-state index contributed by atoms with van der Waals surface area (Å²) in [7, 11) is 0. The highest BCUT2D eigenvalue weighted by molar-refractivity contribution is 8.14. The molecule has 13 heteroatoms. The van der Waals surface area contributed by atoms with E-state index in [2.05, 4.69) is 10.6 Å².